The fourth-order valence-electron chi connectivity index (χ4n) is 3.75. The van der Waals surface area contributed by atoms with Crippen LogP contribution in [0.1, 0.15) is 51.5 Å². The lowest BCUT2D eigenvalue weighted by molar-refractivity contribution is -0.174. The first-order valence-corrected chi connectivity index (χ1v) is 11.5. The molecule has 8 nitrogen and oxygen atoms in total. The van der Waals surface area contributed by atoms with Gasteiger partial charge in [0, 0.05) is 18.1 Å². The van der Waals surface area contributed by atoms with Crippen LogP contribution in [0, 0.1) is 17.8 Å². The number of carboxylic acids is 2. The molecule has 1 saturated carbocycles. The van der Waals surface area contributed by atoms with Gasteiger partial charge in [0.05, 0.1) is 6.54 Å². The first kappa shape index (κ1) is 28.9. The molecule has 1 unspecified atom stereocenters. The summed E-state index contributed by atoms with van der Waals surface area (Å²) in [4.78, 5) is 34.1. The Bertz CT molecular complexity index is 846. The number of hydrogen-bond acceptors (Lipinski definition) is 6. The van der Waals surface area contributed by atoms with Crippen LogP contribution in [0.2, 0.25) is 0 Å². The summed E-state index contributed by atoms with van der Waals surface area (Å²) in [5.41, 5.74) is -0.963. The zero-order chi connectivity index (χ0) is 25.4. The molecule has 0 amide bonds. The number of esters is 1. The van der Waals surface area contributed by atoms with Crippen LogP contribution in [0.25, 0.3) is 0 Å². The molecule has 0 aliphatic heterocycles. The van der Waals surface area contributed by atoms with Crippen molar-refractivity contribution < 1.29 is 34.4 Å². The molecule has 0 bridgehead atoms. The van der Waals surface area contributed by atoms with Gasteiger partial charge in [-0.2, -0.15) is 0 Å². The van der Waals surface area contributed by atoms with Crippen molar-refractivity contribution in [2.24, 2.45) is 5.92 Å². The van der Waals surface area contributed by atoms with Gasteiger partial charge in [0.25, 0.3) is 0 Å². The lowest BCUT2D eigenvalue weighted by atomic mass is 9.73. The van der Waals surface area contributed by atoms with E-state index in [1.54, 1.807) is 0 Å². The van der Waals surface area contributed by atoms with Crippen LogP contribution >= 0.6 is 0 Å². The number of hydrogen-bond donors (Lipinski definition) is 3. The van der Waals surface area contributed by atoms with Gasteiger partial charge in [0.2, 0.25) is 0 Å². The Morgan fingerprint density at radius 2 is 1.56 bits per heavy atom. The van der Waals surface area contributed by atoms with Crippen molar-refractivity contribution in [1.82, 2.24) is 4.90 Å². The van der Waals surface area contributed by atoms with E-state index >= 15 is 0 Å². The van der Waals surface area contributed by atoms with Crippen LogP contribution in [0.4, 0.5) is 0 Å². The average molecular weight is 474 g/mol. The highest BCUT2D eigenvalue weighted by Gasteiger charge is 2.47. The maximum Gasteiger partial charge on any atom is 0.344 e. The molecule has 0 aromatic heterocycles. The number of rotatable bonds is 9. The molecule has 0 saturated heterocycles. The summed E-state index contributed by atoms with van der Waals surface area (Å²) < 4.78 is 5.38. The molecule has 186 valence electrons. The van der Waals surface area contributed by atoms with Gasteiger partial charge in [-0.3, -0.25) is 4.90 Å². The van der Waals surface area contributed by atoms with Crippen LogP contribution in [0.3, 0.4) is 0 Å². The molecule has 0 heterocycles. The maximum atomic E-state index is 12.8. The standard InChI is InChI=1S/C22H31NO3.C4H4O4/c1-3-23(4-2)17-11-12-18-26-21(24)22(25,19-13-7-5-8-14-19)20-15-9-6-10-16-20;5-3(6)1-2-4(7)8/h5,7-8,13-14,20,25H,3-4,6,9-10,15-18H2,1-2H3;1-2H,(H,5,6)(H,7,8)/b;2-1+. The molecule has 1 aliphatic carbocycles. The third-order valence-electron chi connectivity index (χ3n) is 5.69. The predicted octanol–water partition coefficient (Wildman–Crippen LogP) is 3.05. The van der Waals surface area contributed by atoms with E-state index in [9.17, 15) is 19.5 Å². The van der Waals surface area contributed by atoms with Gasteiger partial charge in [-0.1, -0.05) is 75.3 Å². The molecular formula is C26H35NO7. The Labute approximate surface area is 201 Å². The molecule has 34 heavy (non-hydrogen) atoms. The van der Waals surface area contributed by atoms with E-state index in [-0.39, 0.29) is 12.5 Å². The molecule has 8 heteroatoms. The van der Waals surface area contributed by atoms with Crippen molar-refractivity contribution in [3.63, 3.8) is 0 Å². The second-order valence-electron chi connectivity index (χ2n) is 7.87. The fourth-order valence-corrected chi connectivity index (χ4v) is 3.75. The number of nitrogens with zero attached hydrogens (tertiary/aromatic N) is 1. The largest absolute Gasteiger partial charge is 0.478 e. The molecule has 1 fully saturated rings. The SMILES string of the molecule is CCN(CC)CC#CCOC(=O)C(O)(c1ccccc1)C1CCCCC1.O=C(O)/C=C/C(=O)O. The molecule has 3 N–H and O–H groups in total. The molecule has 1 aromatic carbocycles. The summed E-state index contributed by atoms with van der Waals surface area (Å²) in [7, 11) is 0. The van der Waals surface area contributed by atoms with Crippen LogP contribution in [0.15, 0.2) is 42.5 Å². The minimum atomic E-state index is -1.58. The molecule has 1 atom stereocenters. The van der Waals surface area contributed by atoms with Crippen molar-refractivity contribution >= 4 is 17.9 Å². The van der Waals surface area contributed by atoms with Crippen LogP contribution in [-0.2, 0) is 24.7 Å². The Balaban J connectivity index is 0.000000620. The zero-order valence-corrected chi connectivity index (χ0v) is 19.9. The van der Waals surface area contributed by atoms with Crippen molar-refractivity contribution in [3.8, 4) is 11.8 Å². The van der Waals surface area contributed by atoms with E-state index in [0.29, 0.717) is 24.3 Å². The molecule has 2 rings (SSSR count). The molecule has 0 spiro atoms. The summed E-state index contributed by atoms with van der Waals surface area (Å²) in [5.74, 6) is 2.73. The van der Waals surface area contributed by atoms with Gasteiger partial charge in [-0.05, 0) is 31.5 Å². The quantitative estimate of drug-likeness (QED) is 0.284. The molecular weight excluding hydrogens is 438 g/mol. The highest BCUT2D eigenvalue weighted by molar-refractivity contribution is 5.89. The first-order chi connectivity index (χ1) is 16.2. The van der Waals surface area contributed by atoms with Gasteiger partial charge in [0.1, 0.15) is 0 Å². The normalized spacial score (nSPS) is 15.4. The maximum absolute atomic E-state index is 12.8. The van der Waals surface area contributed by atoms with Gasteiger partial charge >= 0.3 is 17.9 Å². The highest BCUT2D eigenvalue weighted by Crippen LogP contribution is 2.40. The summed E-state index contributed by atoms with van der Waals surface area (Å²) in [6.45, 7) is 6.75. The Morgan fingerprint density at radius 1 is 1.00 bits per heavy atom. The van der Waals surface area contributed by atoms with Crippen molar-refractivity contribution in [1.29, 1.82) is 0 Å². The number of carbonyl (C=O) groups excluding carboxylic acids is 1. The topological polar surface area (TPSA) is 124 Å². The number of carboxylic acid groups (broad SMARTS) is 2. The van der Waals surface area contributed by atoms with E-state index in [0.717, 1.165) is 45.2 Å². The molecule has 1 aromatic rings. The number of ether oxygens (including phenoxy) is 1. The van der Waals surface area contributed by atoms with Crippen LogP contribution in [-0.4, -0.2) is 64.4 Å². The first-order valence-electron chi connectivity index (χ1n) is 11.5. The monoisotopic (exact) mass is 473 g/mol. The summed E-state index contributed by atoms with van der Waals surface area (Å²) in [6.07, 6.45) is 6.04. The van der Waals surface area contributed by atoms with E-state index in [1.165, 1.54) is 0 Å². The molecule has 0 radical (unpaired) electrons. The van der Waals surface area contributed by atoms with Crippen LogP contribution in [0.5, 0.6) is 0 Å². The Morgan fingerprint density at radius 3 is 2.06 bits per heavy atom. The fraction of sp³-hybridized carbons (Fsp3) is 0.500. The van der Waals surface area contributed by atoms with E-state index in [2.05, 4.69) is 30.6 Å². The zero-order valence-electron chi connectivity index (χ0n) is 19.9. The predicted molar refractivity (Wildman–Crippen MR) is 128 cm³/mol. The van der Waals surface area contributed by atoms with Gasteiger partial charge in [-0.25, -0.2) is 14.4 Å². The smallest absolute Gasteiger partial charge is 0.344 e. The van der Waals surface area contributed by atoms with Crippen molar-refractivity contribution in [3.05, 3.63) is 48.0 Å². The molecule has 1 aliphatic rings. The third-order valence-corrected chi connectivity index (χ3v) is 5.69. The van der Waals surface area contributed by atoms with E-state index in [4.69, 9.17) is 14.9 Å². The summed E-state index contributed by atoms with van der Waals surface area (Å²) >= 11 is 0. The van der Waals surface area contributed by atoms with Crippen molar-refractivity contribution in [2.45, 2.75) is 51.6 Å². The van der Waals surface area contributed by atoms with Crippen molar-refractivity contribution in [2.75, 3.05) is 26.2 Å². The van der Waals surface area contributed by atoms with Crippen LogP contribution < -0.4 is 0 Å². The summed E-state index contributed by atoms with van der Waals surface area (Å²) in [5, 5.41) is 27.0. The van der Waals surface area contributed by atoms with Gasteiger partial charge in [-0.15, -0.1) is 0 Å². The Kier molecular flexibility index (Phi) is 13.3. The lowest BCUT2D eigenvalue weighted by Gasteiger charge is -2.36. The minimum Gasteiger partial charge on any atom is -0.478 e. The third kappa shape index (κ3) is 9.77. The van der Waals surface area contributed by atoms with E-state index in [1.807, 2.05) is 30.3 Å². The van der Waals surface area contributed by atoms with E-state index < -0.39 is 23.5 Å². The number of benzene rings is 1. The number of aliphatic carboxylic acids is 2. The second-order valence-corrected chi connectivity index (χ2v) is 7.87. The van der Waals surface area contributed by atoms with Gasteiger partial charge in [0.15, 0.2) is 12.2 Å². The minimum absolute atomic E-state index is 0.0158. The number of carbonyl (C=O) groups is 3. The lowest BCUT2D eigenvalue weighted by Crippen LogP contribution is -2.45. The average Bonchev–Trinajstić information content (AvgIpc) is 2.85. The second kappa shape index (κ2) is 15.6. The highest BCUT2D eigenvalue weighted by atomic mass is 16.5. The Hall–Kier alpha value is -3.15. The number of aliphatic hydroxyl groups is 1. The van der Waals surface area contributed by atoms with Gasteiger partial charge < -0.3 is 20.1 Å². The summed E-state index contributed by atoms with van der Waals surface area (Å²) in [6, 6.07) is 9.19.